The third-order valence-electron chi connectivity index (χ3n) is 8.64. The first kappa shape index (κ1) is 22.6. The summed E-state index contributed by atoms with van der Waals surface area (Å²) in [5.74, 6) is 4.59. The quantitative estimate of drug-likeness (QED) is 0.210. The molecule has 4 aliphatic rings. The molecule has 8 rings (SSSR count). The molecule has 0 aromatic heterocycles. The van der Waals surface area contributed by atoms with E-state index in [0.717, 1.165) is 52.2 Å². The van der Waals surface area contributed by atoms with E-state index in [2.05, 4.69) is 36.2 Å². The van der Waals surface area contributed by atoms with E-state index < -0.39 is 6.98 Å². The molecule has 4 aromatic carbocycles. The molecule has 4 nitrogen and oxygen atoms in total. The van der Waals surface area contributed by atoms with Gasteiger partial charge in [0.2, 0.25) is 0 Å². The average Bonchev–Trinajstić information content (AvgIpc) is 3.54. The van der Waals surface area contributed by atoms with Gasteiger partial charge in [-0.15, -0.1) is 0 Å². The van der Waals surface area contributed by atoms with Crippen LogP contribution in [0.15, 0.2) is 84.9 Å². The Balaban J connectivity index is 0.000000141. The highest BCUT2D eigenvalue weighted by Gasteiger charge is 2.39. The van der Waals surface area contributed by atoms with Gasteiger partial charge in [-0.3, -0.25) is 0 Å². The number of para-hydroxylation sites is 2. The van der Waals surface area contributed by atoms with Gasteiger partial charge in [-0.05, 0) is 73.7 Å². The van der Waals surface area contributed by atoms with Crippen molar-refractivity contribution in [1.82, 2.24) is 9.80 Å². The van der Waals surface area contributed by atoms with Crippen molar-refractivity contribution in [1.29, 1.82) is 0 Å². The summed E-state index contributed by atoms with van der Waals surface area (Å²) < 4.78 is 35.5. The van der Waals surface area contributed by atoms with Gasteiger partial charge in [0, 0.05) is 75.1 Å². The third-order valence-corrected chi connectivity index (χ3v) is 9.11. The SMILES string of the molecule is CN1C[C@H]2c3ccccc3Oc3ccc(Cl)cc3[C@@H]2C1.[2H]C([2H])([2H])N1C[C@H]2c3ccccc3Oc3ccc(Cl)cc3[C@@H]2C1. The van der Waals surface area contributed by atoms with Crippen LogP contribution in [0.2, 0.25) is 10.0 Å². The highest BCUT2D eigenvalue weighted by molar-refractivity contribution is 6.31. The molecule has 0 saturated carbocycles. The fraction of sp³-hybridized carbons (Fsp3) is 0.294. The van der Waals surface area contributed by atoms with Crippen LogP contribution in [0.25, 0.3) is 0 Å². The van der Waals surface area contributed by atoms with Crippen LogP contribution in [-0.4, -0.2) is 50.0 Å². The molecule has 204 valence electrons. The first-order valence-electron chi connectivity index (χ1n) is 15.2. The summed E-state index contributed by atoms with van der Waals surface area (Å²) in [6.45, 7) is 1.01. The van der Waals surface area contributed by atoms with Crippen LogP contribution in [0.5, 0.6) is 23.0 Å². The maximum Gasteiger partial charge on any atom is 0.131 e. The van der Waals surface area contributed by atoms with Crippen molar-refractivity contribution in [2.24, 2.45) is 0 Å². The van der Waals surface area contributed by atoms with Gasteiger partial charge >= 0.3 is 0 Å². The van der Waals surface area contributed by atoms with E-state index in [-0.39, 0.29) is 11.8 Å². The van der Waals surface area contributed by atoms with Crippen molar-refractivity contribution in [3.8, 4) is 23.0 Å². The summed E-state index contributed by atoms with van der Waals surface area (Å²) in [5.41, 5.74) is 4.61. The molecule has 0 bridgehead atoms. The van der Waals surface area contributed by atoms with Crippen LogP contribution in [0.1, 0.15) is 50.0 Å². The number of likely N-dealkylation sites (tertiary alicyclic amines) is 2. The second kappa shape index (κ2) is 10.4. The van der Waals surface area contributed by atoms with Crippen molar-refractivity contribution in [3.05, 3.63) is 117 Å². The van der Waals surface area contributed by atoms with Gasteiger partial charge in [0.1, 0.15) is 23.0 Å². The normalized spacial score (nSPS) is 25.7. The number of hydrogen-bond acceptors (Lipinski definition) is 4. The number of ether oxygens (including phenoxy) is 2. The topological polar surface area (TPSA) is 24.9 Å². The summed E-state index contributed by atoms with van der Waals surface area (Å²) in [7, 11) is 2.18. The second-order valence-corrected chi connectivity index (χ2v) is 12.1. The Bertz CT molecular complexity index is 1680. The van der Waals surface area contributed by atoms with Crippen LogP contribution < -0.4 is 9.47 Å². The van der Waals surface area contributed by atoms with Gasteiger partial charge in [0.15, 0.2) is 0 Å². The predicted molar refractivity (Wildman–Crippen MR) is 162 cm³/mol. The number of halogens is 2. The van der Waals surface area contributed by atoms with Gasteiger partial charge in [0.25, 0.3) is 0 Å². The molecule has 0 aliphatic carbocycles. The van der Waals surface area contributed by atoms with E-state index >= 15 is 0 Å². The van der Waals surface area contributed by atoms with E-state index in [9.17, 15) is 0 Å². The molecular formula is C34H32Cl2N2O2. The Labute approximate surface area is 250 Å². The molecule has 0 amide bonds. The molecule has 40 heavy (non-hydrogen) atoms. The molecule has 0 N–H and O–H groups in total. The molecule has 6 heteroatoms. The summed E-state index contributed by atoms with van der Waals surface area (Å²) >= 11 is 12.4. The minimum Gasteiger partial charge on any atom is -0.457 e. The molecule has 2 fully saturated rings. The standard InChI is InChI=1S/2C17H16ClNO/c2*1-19-9-14-12-4-2-3-5-16(12)20-17-7-6-11(18)8-13(17)15(14)10-19/h2*2-8,14-15H,9-10H2,1H3/t2*14-,15-/m00/s1/i1D3;. The van der Waals surface area contributed by atoms with Gasteiger partial charge in [0.05, 0.1) is 0 Å². The molecule has 2 saturated heterocycles. The number of likely N-dealkylation sites (N-methyl/N-ethyl adjacent to an activating group) is 2. The zero-order chi connectivity index (χ0) is 29.9. The van der Waals surface area contributed by atoms with E-state index in [4.69, 9.17) is 36.8 Å². The van der Waals surface area contributed by atoms with Crippen molar-refractivity contribution in [3.63, 3.8) is 0 Å². The zero-order valence-electron chi connectivity index (χ0n) is 25.2. The molecule has 0 spiro atoms. The van der Waals surface area contributed by atoms with Gasteiger partial charge in [-0.25, -0.2) is 0 Å². The van der Waals surface area contributed by atoms with Crippen LogP contribution in [0, 0.1) is 0 Å². The lowest BCUT2D eigenvalue weighted by Crippen LogP contribution is -2.14. The van der Waals surface area contributed by atoms with Crippen molar-refractivity contribution < 1.29 is 13.6 Å². The molecule has 0 radical (unpaired) electrons. The van der Waals surface area contributed by atoms with Gasteiger partial charge in [-0.1, -0.05) is 59.6 Å². The monoisotopic (exact) mass is 573 g/mol. The molecule has 4 aromatic rings. The number of hydrogen-bond donors (Lipinski definition) is 0. The van der Waals surface area contributed by atoms with Crippen LogP contribution >= 0.6 is 23.2 Å². The lowest BCUT2D eigenvalue weighted by Gasteiger charge is -2.17. The van der Waals surface area contributed by atoms with E-state index in [1.807, 2.05) is 54.6 Å². The van der Waals surface area contributed by atoms with E-state index in [0.29, 0.717) is 29.9 Å². The minimum atomic E-state index is -2.08. The van der Waals surface area contributed by atoms with Gasteiger partial charge < -0.3 is 19.3 Å². The third kappa shape index (κ3) is 4.67. The predicted octanol–water partition coefficient (Wildman–Crippen LogP) is 8.52. The largest absolute Gasteiger partial charge is 0.457 e. The zero-order valence-corrected chi connectivity index (χ0v) is 23.7. The highest BCUT2D eigenvalue weighted by Crippen LogP contribution is 2.51. The Kier molecular flexibility index (Phi) is 5.90. The molecular weight excluding hydrogens is 539 g/mol. The summed E-state index contributed by atoms with van der Waals surface area (Å²) in [6, 6.07) is 27.8. The molecule has 4 heterocycles. The number of nitrogens with zero attached hydrogens (tertiary/aromatic N) is 2. The maximum absolute atomic E-state index is 7.75. The first-order valence-corrected chi connectivity index (χ1v) is 14.5. The van der Waals surface area contributed by atoms with Crippen LogP contribution in [-0.2, 0) is 0 Å². The first-order chi connectivity index (χ1) is 20.7. The Morgan fingerprint density at radius 3 is 1.45 bits per heavy atom. The fourth-order valence-electron chi connectivity index (χ4n) is 6.87. The Morgan fingerprint density at radius 1 is 0.575 bits per heavy atom. The average molecular weight is 575 g/mol. The summed E-state index contributed by atoms with van der Waals surface area (Å²) in [5, 5.41) is 1.43. The van der Waals surface area contributed by atoms with Crippen molar-refractivity contribution in [2.75, 3.05) is 40.2 Å². The van der Waals surface area contributed by atoms with Gasteiger partial charge in [-0.2, -0.15) is 0 Å². The summed E-state index contributed by atoms with van der Waals surface area (Å²) in [4.78, 5) is 3.97. The molecule has 4 aliphatic heterocycles. The number of fused-ring (bicyclic) bond motifs is 10. The second-order valence-electron chi connectivity index (χ2n) is 11.2. The van der Waals surface area contributed by atoms with Crippen molar-refractivity contribution >= 4 is 23.2 Å². The van der Waals surface area contributed by atoms with Crippen LogP contribution in [0.4, 0.5) is 0 Å². The number of benzene rings is 4. The summed E-state index contributed by atoms with van der Waals surface area (Å²) in [6.07, 6.45) is 0. The lowest BCUT2D eigenvalue weighted by atomic mass is 9.84. The van der Waals surface area contributed by atoms with Crippen LogP contribution in [0.3, 0.4) is 0 Å². The van der Waals surface area contributed by atoms with Crippen molar-refractivity contribution in [2.45, 2.75) is 23.7 Å². The van der Waals surface area contributed by atoms with E-state index in [1.54, 1.807) is 11.0 Å². The lowest BCUT2D eigenvalue weighted by molar-refractivity contribution is 0.401. The highest BCUT2D eigenvalue weighted by atomic mass is 35.5. The Hall–Kier alpha value is -3.02. The maximum atomic E-state index is 7.75. The Morgan fingerprint density at radius 2 is 0.975 bits per heavy atom. The fourth-order valence-corrected chi connectivity index (χ4v) is 7.23. The number of rotatable bonds is 0. The molecule has 4 atom stereocenters. The minimum absolute atomic E-state index is 0.0628. The molecule has 0 unspecified atom stereocenters. The smallest absolute Gasteiger partial charge is 0.131 e. The van der Waals surface area contributed by atoms with E-state index in [1.165, 1.54) is 11.1 Å².